The lowest BCUT2D eigenvalue weighted by Gasteiger charge is -2.26. The van der Waals surface area contributed by atoms with Crippen LogP contribution in [0.25, 0.3) is 0 Å². The number of ether oxygens (including phenoxy) is 2. The summed E-state index contributed by atoms with van der Waals surface area (Å²) in [6, 6.07) is 0. The largest absolute Gasteiger partial charge is 0.504 e. The lowest BCUT2D eigenvalue weighted by Crippen LogP contribution is -2.24. The summed E-state index contributed by atoms with van der Waals surface area (Å²) < 4.78 is 10.5. The Morgan fingerprint density at radius 3 is 2.36 bits per heavy atom. The van der Waals surface area contributed by atoms with Crippen LogP contribution in [0, 0.1) is 0 Å². The Morgan fingerprint density at radius 2 is 1.91 bits per heavy atom. The van der Waals surface area contributed by atoms with E-state index < -0.39 is 0 Å². The van der Waals surface area contributed by atoms with E-state index in [2.05, 4.69) is 13.8 Å². The second kappa shape index (κ2) is 3.77. The smallest absolute Gasteiger partial charge is 0.0818 e. The van der Waals surface area contributed by atoms with Gasteiger partial charge in [0.15, 0.2) is 0 Å². The summed E-state index contributed by atoms with van der Waals surface area (Å²) in [7, 11) is 1.69. The number of rotatable bonds is 1. The van der Waals surface area contributed by atoms with Gasteiger partial charge in [-0.15, -0.1) is 0 Å². The lowest BCUT2D eigenvalue weighted by atomic mass is 10.0. The first-order valence-electron chi connectivity index (χ1n) is 4.08. The summed E-state index contributed by atoms with van der Waals surface area (Å²) in [4.78, 5) is 0. The molecule has 0 N–H and O–H groups in total. The fraction of sp³-hybridized carbons (Fsp3) is 0.778. The van der Waals surface area contributed by atoms with Gasteiger partial charge in [0, 0.05) is 0 Å². The summed E-state index contributed by atoms with van der Waals surface area (Å²) in [5, 5.41) is 0. The molecule has 2 heteroatoms. The van der Waals surface area contributed by atoms with Crippen LogP contribution in [0.2, 0.25) is 0 Å². The Balaban J connectivity index is 2.49. The van der Waals surface area contributed by atoms with Crippen molar-refractivity contribution in [2.45, 2.75) is 38.9 Å². The van der Waals surface area contributed by atoms with Gasteiger partial charge in [-0.2, -0.15) is 0 Å². The average Bonchev–Trinajstić information content (AvgIpc) is 1.85. The molecule has 1 heterocycles. The van der Waals surface area contributed by atoms with Crippen molar-refractivity contribution >= 4 is 0 Å². The lowest BCUT2D eigenvalue weighted by molar-refractivity contribution is -0.0115. The van der Waals surface area contributed by atoms with Crippen LogP contribution in [0.15, 0.2) is 11.8 Å². The number of methoxy groups -OCH3 is 1. The minimum absolute atomic E-state index is 0.347. The van der Waals surface area contributed by atoms with Crippen molar-refractivity contribution < 1.29 is 9.47 Å². The van der Waals surface area contributed by atoms with Crippen LogP contribution in [0.4, 0.5) is 0 Å². The van der Waals surface area contributed by atoms with Gasteiger partial charge in [0.25, 0.3) is 0 Å². The van der Waals surface area contributed by atoms with E-state index >= 15 is 0 Å². The Labute approximate surface area is 68.2 Å². The van der Waals surface area contributed by atoms with E-state index in [0.29, 0.717) is 12.2 Å². The first-order valence-corrected chi connectivity index (χ1v) is 4.08. The van der Waals surface area contributed by atoms with E-state index in [1.165, 1.54) is 5.57 Å². The zero-order valence-electron chi connectivity index (χ0n) is 7.46. The first kappa shape index (κ1) is 8.60. The van der Waals surface area contributed by atoms with E-state index in [4.69, 9.17) is 9.47 Å². The Kier molecular flexibility index (Phi) is 2.94. The normalized spacial score (nSPS) is 31.7. The van der Waals surface area contributed by atoms with E-state index in [1.807, 2.05) is 6.26 Å². The minimum Gasteiger partial charge on any atom is -0.504 e. The molecule has 11 heavy (non-hydrogen) atoms. The van der Waals surface area contributed by atoms with Crippen LogP contribution in [0.5, 0.6) is 0 Å². The molecule has 1 aliphatic rings. The van der Waals surface area contributed by atoms with Gasteiger partial charge in [0.2, 0.25) is 0 Å². The predicted octanol–water partition coefficient (Wildman–Crippen LogP) is 2.10. The molecule has 0 radical (unpaired) electrons. The molecule has 0 bridgehead atoms. The molecular weight excluding hydrogens is 140 g/mol. The summed E-state index contributed by atoms with van der Waals surface area (Å²) in [6.45, 7) is 4.19. The monoisotopic (exact) mass is 156 g/mol. The van der Waals surface area contributed by atoms with E-state index in [9.17, 15) is 0 Å². The molecule has 0 saturated carbocycles. The third kappa shape index (κ3) is 2.54. The molecule has 2 nitrogen and oxygen atoms in total. The van der Waals surface area contributed by atoms with Crippen LogP contribution in [0.1, 0.15) is 26.7 Å². The molecule has 0 spiro atoms. The van der Waals surface area contributed by atoms with Crippen LogP contribution in [-0.2, 0) is 9.47 Å². The maximum atomic E-state index is 5.57. The molecule has 2 unspecified atom stereocenters. The Hall–Kier alpha value is -0.500. The molecule has 2 atom stereocenters. The molecule has 1 rings (SSSR count). The minimum atomic E-state index is 0.347. The second-order valence-corrected chi connectivity index (χ2v) is 3.18. The van der Waals surface area contributed by atoms with Crippen molar-refractivity contribution in [1.29, 1.82) is 0 Å². The van der Waals surface area contributed by atoms with Gasteiger partial charge in [-0.05, 0) is 32.3 Å². The fourth-order valence-corrected chi connectivity index (χ4v) is 1.58. The molecule has 64 valence electrons. The summed E-state index contributed by atoms with van der Waals surface area (Å²) in [6.07, 6.45) is 4.56. The fourth-order valence-electron chi connectivity index (χ4n) is 1.58. The zero-order chi connectivity index (χ0) is 8.27. The summed E-state index contributed by atoms with van der Waals surface area (Å²) in [5.74, 6) is 0. The maximum Gasteiger partial charge on any atom is 0.0818 e. The van der Waals surface area contributed by atoms with Crippen molar-refractivity contribution in [3.8, 4) is 0 Å². The highest BCUT2D eigenvalue weighted by atomic mass is 16.5. The van der Waals surface area contributed by atoms with Crippen LogP contribution < -0.4 is 0 Å². The molecular formula is C9H16O2. The van der Waals surface area contributed by atoms with E-state index in [-0.39, 0.29) is 0 Å². The second-order valence-electron chi connectivity index (χ2n) is 3.18. The van der Waals surface area contributed by atoms with Gasteiger partial charge in [-0.3, -0.25) is 0 Å². The summed E-state index contributed by atoms with van der Waals surface area (Å²) >= 11 is 0. The topological polar surface area (TPSA) is 18.5 Å². The molecule has 1 fully saturated rings. The van der Waals surface area contributed by atoms with Crippen molar-refractivity contribution in [3.63, 3.8) is 0 Å². The van der Waals surface area contributed by atoms with Gasteiger partial charge in [-0.1, -0.05) is 0 Å². The SMILES string of the molecule is COC=C1CC(C)OC(C)C1. The van der Waals surface area contributed by atoms with Crippen molar-refractivity contribution in [1.82, 2.24) is 0 Å². The highest BCUT2D eigenvalue weighted by Crippen LogP contribution is 2.23. The molecule has 0 aliphatic carbocycles. The standard InChI is InChI=1S/C9H16O2/c1-7-4-9(6-10-3)5-8(2)11-7/h6-8H,4-5H2,1-3H3. The van der Waals surface area contributed by atoms with Gasteiger partial charge in [0.1, 0.15) is 0 Å². The average molecular weight is 156 g/mol. The van der Waals surface area contributed by atoms with Gasteiger partial charge < -0.3 is 9.47 Å². The molecule has 0 aromatic carbocycles. The third-order valence-electron chi connectivity index (χ3n) is 1.85. The molecule has 1 aliphatic heterocycles. The van der Waals surface area contributed by atoms with E-state index in [0.717, 1.165) is 12.8 Å². The maximum absolute atomic E-state index is 5.57. The molecule has 1 saturated heterocycles. The van der Waals surface area contributed by atoms with E-state index in [1.54, 1.807) is 7.11 Å². The quantitative estimate of drug-likeness (QED) is 0.541. The Morgan fingerprint density at radius 1 is 1.36 bits per heavy atom. The van der Waals surface area contributed by atoms with Crippen LogP contribution in [0.3, 0.4) is 0 Å². The van der Waals surface area contributed by atoms with Gasteiger partial charge >= 0.3 is 0 Å². The highest BCUT2D eigenvalue weighted by Gasteiger charge is 2.18. The molecule has 0 amide bonds. The van der Waals surface area contributed by atoms with Crippen molar-refractivity contribution in [2.24, 2.45) is 0 Å². The van der Waals surface area contributed by atoms with Crippen LogP contribution >= 0.6 is 0 Å². The van der Waals surface area contributed by atoms with Crippen molar-refractivity contribution in [2.75, 3.05) is 7.11 Å². The van der Waals surface area contributed by atoms with Crippen LogP contribution in [-0.4, -0.2) is 19.3 Å². The van der Waals surface area contributed by atoms with Crippen molar-refractivity contribution in [3.05, 3.63) is 11.8 Å². The Bertz CT molecular complexity index is 140. The molecule has 0 aromatic rings. The third-order valence-corrected chi connectivity index (χ3v) is 1.85. The number of hydrogen-bond donors (Lipinski definition) is 0. The molecule has 0 aromatic heterocycles. The zero-order valence-corrected chi connectivity index (χ0v) is 7.46. The van der Waals surface area contributed by atoms with Gasteiger partial charge in [-0.25, -0.2) is 0 Å². The number of hydrogen-bond acceptors (Lipinski definition) is 2. The van der Waals surface area contributed by atoms with Gasteiger partial charge in [0.05, 0.1) is 25.6 Å². The highest BCUT2D eigenvalue weighted by molar-refractivity contribution is 5.03. The first-order chi connectivity index (χ1) is 5.22. The predicted molar refractivity (Wildman–Crippen MR) is 44.3 cm³/mol. The summed E-state index contributed by atoms with van der Waals surface area (Å²) in [5.41, 5.74) is 1.36.